The predicted molar refractivity (Wildman–Crippen MR) is 66.7 cm³/mol. The molecule has 0 aliphatic carbocycles. The topological polar surface area (TPSA) is 71.5 Å². The molecule has 0 atom stereocenters. The lowest BCUT2D eigenvalue weighted by molar-refractivity contribution is -0.151. The normalized spacial score (nSPS) is 12.2. The number of hydrogen-bond acceptors (Lipinski definition) is 4. The largest absolute Gasteiger partial charge is 0.454 e. The number of furan rings is 1. The molecule has 0 unspecified atom stereocenters. The molecule has 0 aliphatic heterocycles. The third kappa shape index (κ3) is 4.53. The van der Waals surface area contributed by atoms with Crippen molar-refractivity contribution >= 4 is 5.91 Å². The molecule has 20 heavy (non-hydrogen) atoms. The van der Waals surface area contributed by atoms with Crippen molar-refractivity contribution in [2.75, 3.05) is 6.54 Å². The van der Waals surface area contributed by atoms with Gasteiger partial charge in [-0.3, -0.25) is 15.1 Å². The van der Waals surface area contributed by atoms with E-state index in [2.05, 4.69) is 0 Å². The summed E-state index contributed by atoms with van der Waals surface area (Å²) in [4.78, 5) is 12.6. The van der Waals surface area contributed by atoms with E-state index in [9.17, 15) is 18.0 Å². The second kappa shape index (κ2) is 6.27. The number of aryl methyl sites for hydroxylation is 1. The first-order chi connectivity index (χ1) is 9.14. The van der Waals surface area contributed by atoms with Crippen molar-refractivity contribution in [2.24, 2.45) is 5.84 Å². The van der Waals surface area contributed by atoms with Crippen LogP contribution in [0, 0.1) is 6.92 Å². The van der Waals surface area contributed by atoms with Gasteiger partial charge in [0.25, 0.3) is 0 Å². The highest BCUT2D eigenvalue weighted by Crippen LogP contribution is 2.22. The van der Waals surface area contributed by atoms with Gasteiger partial charge in [0.1, 0.15) is 5.76 Å². The van der Waals surface area contributed by atoms with Gasteiger partial charge >= 0.3 is 12.1 Å². The number of nitrogens with one attached hydrogen (secondary N) is 1. The van der Waals surface area contributed by atoms with Crippen LogP contribution in [0.2, 0.25) is 0 Å². The molecule has 0 aromatic carbocycles. The average molecular weight is 293 g/mol. The summed E-state index contributed by atoms with van der Waals surface area (Å²) in [6, 6.07) is 1.23. The number of rotatable bonds is 5. The Labute approximate surface area is 114 Å². The summed E-state index contributed by atoms with van der Waals surface area (Å²) in [5.74, 6) is 4.69. The van der Waals surface area contributed by atoms with Gasteiger partial charge in [0, 0.05) is 11.6 Å². The van der Waals surface area contributed by atoms with Gasteiger partial charge in [-0.25, -0.2) is 5.84 Å². The Balaban J connectivity index is 2.87. The standard InChI is InChI=1S/C12H18F3N3O2/c1-7(2)18(6-12(13,14)15)5-9-4-8(3)10(20-9)11(19)17-16/h4,7H,5-6,16H2,1-3H3,(H,17,19). The number of hydrazine groups is 1. The van der Waals surface area contributed by atoms with Crippen molar-refractivity contribution < 1.29 is 22.4 Å². The van der Waals surface area contributed by atoms with Crippen LogP contribution in [0.3, 0.4) is 0 Å². The summed E-state index contributed by atoms with van der Waals surface area (Å²) < 4.78 is 42.7. The average Bonchev–Trinajstić information content (AvgIpc) is 2.66. The summed E-state index contributed by atoms with van der Waals surface area (Å²) in [6.07, 6.45) is -4.29. The Bertz CT molecular complexity index is 469. The van der Waals surface area contributed by atoms with Crippen LogP contribution in [0.1, 0.15) is 35.7 Å². The van der Waals surface area contributed by atoms with E-state index in [0.717, 1.165) is 0 Å². The molecular formula is C12H18F3N3O2. The Hall–Kier alpha value is -1.54. The summed E-state index contributed by atoms with van der Waals surface area (Å²) in [7, 11) is 0. The lowest BCUT2D eigenvalue weighted by Crippen LogP contribution is -2.38. The molecule has 3 N–H and O–H groups in total. The molecule has 1 amide bonds. The van der Waals surface area contributed by atoms with Gasteiger partial charge in [-0.15, -0.1) is 0 Å². The van der Waals surface area contributed by atoms with Crippen LogP contribution in [-0.2, 0) is 6.54 Å². The number of hydrogen-bond donors (Lipinski definition) is 2. The second-order valence-corrected chi connectivity index (χ2v) is 4.81. The van der Waals surface area contributed by atoms with E-state index in [-0.39, 0.29) is 18.3 Å². The minimum Gasteiger partial charge on any atom is -0.454 e. The van der Waals surface area contributed by atoms with Crippen molar-refractivity contribution in [3.05, 3.63) is 23.2 Å². The number of nitrogens with zero attached hydrogens (tertiary/aromatic N) is 1. The van der Waals surface area contributed by atoms with Crippen molar-refractivity contribution in [3.63, 3.8) is 0 Å². The highest BCUT2D eigenvalue weighted by atomic mass is 19.4. The highest BCUT2D eigenvalue weighted by Gasteiger charge is 2.32. The molecule has 1 heterocycles. The Kier molecular flexibility index (Phi) is 5.18. The summed E-state index contributed by atoms with van der Waals surface area (Å²) in [5.41, 5.74) is 2.45. The number of alkyl halides is 3. The van der Waals surface area contributed by atoms with E-state index in [1.165, 1.54) is 11.0 Å². The zero-order chi connectivity index (χ0) is 15.5. The molecule has 0 bridgehead atoms. The highest BCUT2D eigenvalue weighted by molar-refractivity contribution is 5.92. The van der Waals surface area contributed by atoms with Gasteiger partial charge in [-0.1, -0.05) is 0 Å². The fourth-order valence-corrected chi connectivity index (χ4v) is 1.77. The van der Waals surface area contributed by atoms with Crippen LogP contribution in [0.4, 0.5) is 13.2 Å². The first-order valence-corrected chi connectivity index (χ1v) is 6.05. The molecule has 0 aliphatic rings. The molecule has 114 valence electrons. The van der Waals surface area contributed by atoms with E-state index in [4.69, 9.17) is 10.3 Å². The molecule has 0 saturated heterocycles. The fourth-order valence-electron chi connectivity index (χ4n) is 1.77. The predicted octanol–water partition coefficient (Wildman–Crippen LogP) is 1.96. The molecular weight excluding hydrogens is 275 g/mol. The van der Waals surface area contributed by atoms with Crippen LogP contribution < -0.4 is 11.3 Å². The van der Waals surface area contributed by atoms with E-state index in [0.29, 0.717) is 11.3 Å². The van der Waals surface area contributed by atoms with Gasteiger partial charge in [0.15, 0.2) is 5.76 Å². The SMILES string of the molecule is Cc1cc(CN(CC(F)(F)F)C(C)C)oc1C(=O)NN. The van der Waals surface area contributed by atoms with Gasteiger partial charge in [0.2, 0.25) is 0 Å². The molecule has 0 radical (unpaired) electrons. The number of halogens is 3. The minimum absolute atomic E-state index is 0.0122. The lowest BCUT2D eigenvalue weighted by atomic mass is 10.2. The lowest BCUT2D eigenvalue weighted by Gasteiger charge is -2.26. The van der Waals surface area contributed by atoms with Gasteiger partial charge in [-0.2, -0.15) is 13.2 Å². The van der Waals surface area contributed by atoms with Gasteiger partial charge < -0.3 is 4.42 Å². The van der Waals surface area contributed by atoms with Crippen LogP contribution in [-0.4, -0.2) is 29.6 Å². The summed E-state index contributed by atoms with van der Waals surface area (Å²) >= 11 is 0. The number of amides is 1. The molecule has 5 nitrogen and oxygen atoms in total. The first-order valence-electron chi connectivity index (χ1n) is 6.05. The van der Waals surface area contributed by atoms with Crippen LogP contribution >= 0.6 is 0 Å². The minimum atomic E-state index is -4.29. The van der Waals surface area contributed by atoms with Crippen LogP contribution in [0.25, 0.3) is 0 Å². The Morgan fingerprint density at radius 3 is 2.55 bits per heavy atom. The molecule has 0 fully saturated rings. The van der Waals surface area contributed by atoms with Gasteiger partial charge in [-0.05, 0) is 26.8 Å². The summed E-state index contributed by atoms with van der Waals surface area (Å²) in [6.45, 7) is 3.88. The molecule has 0 spiro atoms. The van der Waals surface area contributed by atoms with E-state index in [1.807, 2.05) is 5.43 Å². The quantitative estimate of drug-likeness (QED) is 0.494. The second-order valence-electron chi connectivity index (χ2n) is 4.81. The van der Waals surface area contributed by atoms with E-state index < -0.39 is 18.6 Å². The fraction of sp³-hybridized carbons (Fsp3) is 0.583. The van der Waals surface area contributed by atoms with Crippen LogP contribution in [0.15, 0.2) is 10.5 Å². The number of nitrogens with two attached hydrogens (primary N) is 1. The smallest absolute Gasteiger partial charge is 0.401 e. The number of carbonyl (C=O) groups is 1. The van der Waals surface area contributed by atoms with Crippen molar-refractivity contribution in [1.82, 2.24) is 10.3 Å². The Morgan fingerprint density at radius 2 is 2.10 bits per heavy atom. The zero-order valence-corrected chi connectivity index (χ0v) is 11.5. The molecule has 1 rings (SSSR count). The maximum absolute atomic E-state index is 12.5. The Morgan fingerprint density at radius 1 is 1.50 bits per heavy atom. The van der Waals surface area contributed by atoms with E-state index in [1.54, 1.807) is 20.8 Å². The molecule has 1 aromatic rings. The maximum Gasteiger partial charge on any atom is 0.401 e. The molecule has 0 saturated carbocycles. The van der Waals surface area contributed by atoms with Crippen molar-refractivity contribution in [2.45, 2.75) is 39.5 Å². The van der Waals surface area contributed by atoms with Crippen molar-refractivity contribution in [3.8, 4) is 0 Å². The van der Waals surface area contributed by atoms with Crippen molar-refractivity contribution in [1.29, 1.82) is 0 Å². The monoisotopic (exact) mass is 293 g/mol. The first kappa shape index (κ1) is 16.5. The van der Waals surface area contributed by atoms with E-state index >= 15 is 0 Å². The third-order valence-electron chi connectivity index (χ3n) is 2.78. The third-order valence-corrected chi connectivity index (χ3v) is 2.78. The number of nitrogen functional groups attached to an aromatic ring is 1. The van der Waals surface area contributed by atoms with Crippen LogP contribution in [0.5, 0.6) is 0 Å². The zero-order valence-electron chi connectivity index (χ0n) is 11.5. The molecule has 8 heteroatoms. The van der Waals surface area contributed by atoms with Gasteiger partial charge in [0.05, 0.1) is 13.1 Å². The number of carbonyl (C=O) groups excluding carboxylic acids is 1. The molecule has 1 aromatic heterocycles. The summed E-state index contributed by atoms with van der Waals surface area (Å²) in [5, 5.41) is 0. The maximum atomic E-state index is 12.5.